The smallest absolute Gasteiger partial charge is 1.00 e. The summed E-state index contributed by atoms with van der Waals surface area (Å²) < 4.78 is 0. The predicted molar refractivity (Wildman–Crippen MR) is 158 cm³/mol. The quantitative estimate of drug-likeness (QED) is 0.201. The van der Waals surface area contributed by atoms with Crippen LogP contribution in [0.1, 0.15) is 13.8 Å². The van der Waals surface area contributed by atoms with Gasteiger partial charge in [0.25, 0.3) is 0 Å². The average Bonchev–Trinajstić information content (AvgIpc) is 3.52. The number of rotatable bonds is 2. The molecule has 0 spiro atoms. The molecule has 0 amide bonds. The van der Waals surface area contributed by atoms with E-state index in [2.05, 4.69) is 154 Å². The van der Waals surface area contributed by atoms with Gasteiger partial charge < -0.3 is 34.6 Å². The maximum absolute atomic E-state index is 3.68. The number of nitrogens with zero attached hydrogens (tertiary/aromatic N) is 2. The van der Waals surface area contributed by atoms with Crippen molar-refractivity contribution in [1.82, 2.24) is 0 Å². The summed E-state index contributed by atoms with van der Waals surface area (Å²) in [5.74, 6) is 0. The van der Waals surface area contributed by atoms with Crippen molar-refractivity contribution in [3.05, 3.63) is 131 Å². The molecule has 0 saturated heterocycles. The van der Waals surface area contributed by atoms with Crippen molar-refractivity contribution in [3.63, 3.8) is 0 Å². The van der Waals surface area contributed by atoms with E-state index < -0.39 is 0 Å². The topological polar surface area (TPSA) is 6.48 Å². The molecule has 6 rings (SSSR count). The summed E-state index contributed by atoms with van der Waals surface area (Å²) in [6.07, 6.45) is 15.5. The molecule has 0 aromatic heterocycles. The molecule has 196 valence electrons. The van der Waals surface area contributed by atoms with Gasteiger partial charge in [-0.15, -0.1) is 58.7 Å². The fraction of sp³-hybridized carbons (Fsp3) is 0.200. The monoisotopic (exact) mass is 762 g/mol. The van der Waals surface area contributed by atoms with Crippen LogP contribution < -0.4 is 34.6 Å². The molecule has 2 heterocycles. The van der Waals surface area contributed by atoms with E-state index in [0.717, 1.165) is 0 Å². The van der Waals surface area contributed by atoms with Crippen molar-refractivity contribution in [2.75, 3.05) is 9.80 Å². The van der Waals surface area contributed by atoms with Gasteiger partial charge >= 0.3 is 41.9 Å². The van der Waals surface area contributed by atoms with Crippen molar-refractivity contribution >= 4 is 48.7 Å². The van der Waals surface area contributed by atoms with Gasteiger partial charge in [-0.1, -0.05) is 93.5 Å². The van der Waals surface area contributed by atoms with E-state index in [4.69, 9.17) is 0 Å². The molecule has 2 atom stereocenters. The van der Waals surface area contributed by atoms with Crippen LogP contribution in [0, 0.1) is 12.2 Å². The Hall–Kier alpha value is -0.880. The van der Waals surface area contributed by atoms with E-state index in [1.807, 2.05) is 12.1 Å². The number of allylic oxidation sites excluding steroid dienone is 6. The number of halogens is 4. The van der Waals surface area contributed by atoms with Crippen LogP contribution in [0.15, 0.2) is 119 Å². The van der Waals surface area contributed by atoms with E-state index in [9.17, 15) is 0 Å². The number of hydrogen-bond acceptors (Lipinski definition) is 2. The van der Waals surface area contributed by atoms with Gasteiger partial charge in [0.05, 0.1) is 9.90 Å². The predicted octanol–water partition coefficient (Wildman–Crippen LogP) is 2.39. The molecule has 2 nitrogen and oxygen atoms in total. The Morgan fingerprint density at radius 1 is 0.684 bits per heavy atom. The molecule has 0 saturated carbocycles. The molecular formula is C30H28Br2Cl2N2SiZr-2. The number of para-hydroxylation sites is 2. The van der Waals surface area contributed by atoms with Gasteiger partial charge in [0, 0.05) is 11.4 Å². The summed E-state index contributed by atoms with van der Waals surface area (Å²) in [4.78, 5) is 5.02. The minimum Gasteiger partial charge on any atom is -1.00 e. The second-order valence-electron chi connectivity index (χ2n) is 8.99. The van der Waals surface area contributed by atoms with Gasteiger partial charge in [-0.2, -0.15) is 0 Å². The Morgan fingerprint density at radius 3 is 1.32 bits per heavy atom. The third-order valence-electron chi connectivity index (χ3n) is 5.61. The van der Waals surface area contributed by atoms with Crippen molar-refractivity contribution < 1.29 is 48.1 Å². The SMILES string of the molecule is CC1=[C-]C2=CC(Br)N(c3ccccc3)C2=C1.CC1=[C-]C2=CC(Br)N(c3ccccc3)C2=C1.C[Si](C)=[Zr+2].[Cl-].[Cl-]. The molecule has 2 aromatic rings. The van der Waals surface area contributed by atoms with Crippen LogP contribution >= 0.6 is 31.9 Å². The van der Waals surface area contributed by atoms with Crippen molar-refractivity contribution in [3.8, 4) is 0 Å². The standard InChI is InChI=1S/2C14H11BrN.C2H6Si.2ClH.Zr/c2*1-10-7-11-9-14(15)16(13(11)8-10)12-5-3-2-4-6-12;1-3-2;;;/h2*2-6,8-9,14H,1H3;1-2H3;2*1H;/q2*-1;;;;+2/p-2. The van der Waals surface area contributed by atoms with Gasteiger partial charge in [-0.3, -0.25) is 0 Å². The zero-order valence-electron chi connectivity index (χ0n) is 21.6. The Morgan fingerprint density at radius 2 is 1.00 bits per heavy atom. The summed E-state index contributed by atoms with van der Waals surface area (Å²) in [5.41, 5.74) is 9.89. The van der Waals surface area contributed by atoms with Crippen LogP contribution in [0.25, 0.3) is 0 Å². The number of alkyl halides is 2. The van der Waals surface area contributed by atoms with E-state index in [1.54, 1.807) is 23.3 Å². The van der Waals surface area contributed by atoms with Crippen LogP contribution in [-0.4, -0.2) is 15.3 Å². The van der Waals surface area contributed by atoms with Crippen LogP contribution in [-0.2, 0) is 23.3 Å². The number of anilines is 2. The van der Waals surface area contributed by atoms with Gasteiger partial charge in [0.15, 0.2) is 0 Å². The molecule has 38 heavy (non-hydrogen) atoms. The summed E-state index contributed by atoms with van der Waals surface area (Å²) >= 11 is 9.09. The fourth-order valence-electron chi connectivity index (χ4n) is 4.27. The Balaban J connectivity index is 0.000000224. The average molecular weight is 767 g/mol. The first-order valence-electron chi connectivity index (χ1n) is 11.8. The second kappa shape index (κ2) is 15.2. The molecule has 0 N–H and O–H groups in total. The van der Waals surface area contributed by atoms with Gasteiger partial charge in [0.2, 0.25) is 0 Å². The van der Waals surface area contributed by atoms with Crippen molar-refractivity contribution in [2.45, 2.75) is 36.8 Å². The molecule has 2 aliphatic carbocycles. The summed E-state index contributed by atoms with van der Waals surface area (Å²) in [7, 11) is 0. The van der Waals surface area contributed by atoms with E-state index >= 15 is 0 Å². The van der Waals surface area contributed by atoms with Crippen molar-refractivity contribution in [2.24, 2.45) is 0 Å². The third kappa shape index (κ3) is 8.08. The Labute approximate surface area is 271 Å². The second-order valence-corrected chi connectivity index (χ2v) is 20.2. The molecule has 0 fully saturated rings. The fourth-order valence-corrected chi connectivity index (χ4v) is 5.72. The molecule has 0 radical (unpaired) electrons. The number of benzene rings is 2. The van der Waals surface area contributed by atoms with Crippen LogP contribution in [0.2, 0.25) is 13.1 Å². The first kappa shape index (κ1) is 33.3. The summed E-state index contributed by atoms with van der Waals surface area (Å²) in [6, 6.07) is 20.8. The van der Waals surface area contributed by atoms with Crippen LogP contribution in [0.3, 0.4) is 0 Å². The summed E-state index contributed by atoms with van der Waals surface area (Å²) in [5, 5.41) is 0. The molecule has 2 aromatic carbocycles. The largest absolute Gasteiger partial charge is 1.00 e. The molecule has 0 bridgehead atoms. The third-order valence-corrected chi connectivity index (χ3v) is 6.96. The molecule has 8 heteroatoms. The molecule has 2 unspecified atom stereocenters. The normalized spacial score (nSPS) is 19.9. The Kier molecular flexibility index (Phi) is 13.3. The minimum atomic E-state index is 0. The molecule has 4 aliphatic rings. The first-order chi connectivity index (χ1) is 17.2. The zero-order chi connectivity index (χ0) is 25.8. The number of hydrogen-bond donors (Lipinski definition) is 0. The van der Waals surface area contributed by atoms with Gasteiger partial charge in [-0.05, 0) is 24.3 Å². The maximum atomic E-state index is 3.68. The molecular weight excluding hydrogens is 738 g/mol. The number of fused-ring (bicyclic) bond motifs is 2. The van der Waals surface area contributed by atoms with Gasteiger partial charge in [0.1, 0.15) is 0 Å². The van der Waals surface area contributed by atoms with Crippen LogP contribution in [0.5, 0.6) is 0 Å². The zero-order valence-corrected chi connectivity index (χ0v) is 29.8. The molecule has 2 aliphatic heterocycles. The maximum Gasteiger partial charge on any atom is -1.00 e. The van der Waals surface area contributed by atoms with Gasteiger partial charge in [-0.25, -0.2) is 0 Å². The van der Waals surface area contributed by atoms with Crippen LogP contribution in [0.4, 0.5) is 11.4 Å². The Bertz CT molecular complexity index is 1230. The van der Waals surface area contributed by atoms with Crippen molar-refractivity contribution in [1.29, 1.82) is 0 Å². The van der Waals surface area contributed by atoms with E-state index in [0.29, 0.717) is 0 Å². The summed E-state index contributed by atoms with van der Waals surface area (Å²) in [6.45, 7) is 8.78. The van der Waals surface area contributed by atoms with E-state index in [1.165, 1.54) is 45.1 Å². The first-order valence-corrected chi connectivity index (χ1v) is 19.8. The minimum absolute atomic E-state index is 0. The van der Waals surface area contributed by atoms with E-state index in [-0.39, 0.29) is 40.1 Å².